The van der Waals surface area contributed by atoms with Crippen molar-refractivity contribution in [2.24, 2.45) is 16.6 Å². The number of likely N-dealkylation sites (tertiary alicyclic amines) is 1. The summed E-state index contributed by atoms with van der Waals surface area (Å²) in [4.78, 5) is 6.85. The van der Waals surface area contributed by atoms with E-state index in [1.54, 1.807) is 7.11 Å². The molecule has 100 valence electrons. The van der Waals surface area contributed by atoms with Crippen molar-refractivity contribution in [2.75, 3.05) is 46.4 Å². The Morgan fingerprint density at radius 3 is 2.82 bits per heavy atom. The molecule has 0 aromatic carbocycles. The molecule has 0 radical (unpaired) electrons. The molecular formula is C12H26N4O. The van der Waals surface area contributed by atoms with Crippen LogP contribution in [0.25, 0.3) is 0 Å². The molecule has 0 aromatic heterocycles. The molecule has 3 N–H and O–H groups in total. The number of guanidine groups is 1. The summed E-state index contributed by atoms with van der Waals surface area (Å²) in [6, 6.07) is 0. The fraction of sp³-hybridized carbons (Fsp3) is 0.917. The molecule has 17 heavy (non-hydrogen) atoms. The molecule has 0 spiro atoms. The van der Waals surface area contributed by atoms with Crippen molar-refractivity contribution >= 4 is 5.96 Å². The molecule has 0 aromatic rings. The number of nitrogens with one attached hydrogen (secondary N) is 1. The molecule has 1 atom stereocenters. The van der Waals surface area contributed by atoms with Gasteiger partial charge in [-0.3, -0.25) is 4.99 Å². The number of methoxy groups -OCH3 is 1. The highest BCUT2D eigenvalue weighted by molar-refractivity contribution is 5.77. The van der Waals surface area contributed by atoms with Crippen LogP contribution in [0.5, 0.6) is 0 Å². The minimum atomic E-state index is 0.523. The molecule has 1 aliphatic heterocycles. The number of ether oxygens (including phenoxy) is 1. The van der Waals surface area contributed by atoms with Crippen molar-refractivity contribution in [1.29, 1.82) is 0 Å². The first-order chi connectivity index (χ1) is 8.22. The van der Waals surface area contributed by atoms with Gasteiger partial charge in [-0.25, -0.2) is 0 Å². The molecule has 1 aliphatic rings. The van der Waals surface area contributed by atoms with E-state index < -0.39 is 0 Å². The minimum Gasteiger partial charge on any atom is -0.383 e. The molecule has 1 heterocycles. The highest BCUT2D eigenvalue weighted by Gasteiger charge is 2.14. The zero-order chi connectivity index (χ0) is 12.5. The van der Waals surface area contributed by atoms with E-state index in [2.05, 4.69) is 22.1 Å². The van der Waals surface area contributed by atoms with Crippen LogP contribution in [0.2, 0.25) is 0 Å². The third kappa shape index (κ3) is 6.48. The Labute approximate surface area is 104 Å². The van der Waals surface area contributed by atoms with Crippen molar-refractivity contribution < 1.29 is 4.74 Å². The molecule has 5 heteroatoms. The van der Waals surface area contributed by atoms with Crippen molar-refractivity contribution in [1.82, 2.24) is 10.2 Å². The van der Waals surface area contributed by atoms with E-state index in [9.17, 15) is 0 Å². The number of hydrogen-bond donors (Lipinski definition) is 2. The summed E-state index contributed by atoms with van der Waals surface area (Å²) in [6.45, 7) is 8.01. The summed E-state index contributed by atoms with van der Waals surface area (Å²) in [5.74, 6) is 1.09. The van der Waals surface area contributed by atoms with Crippen LogP contribution in [0.15, 0.2) is 4.99 Å². The van der Waals surface area contributed by atoms with E-state index in [0.717, 1.165) is 13.1 Å². The summed E-state index contributed by atoms with van der Waals surface area (Å²) in [5.41, 5.74) is 5.74. The zero-order valence-corrected chi connectivity index (χ0v) is 11.1. The molecule has 0 bridgehead atoms. The van der Waals surface area contributed by atoms with Crippen LogP contribution in [0.3, 0.4) is 0 Å². The standard InChI is InChI=1S/C12H26N4O/c1-11(10-16-6-3-4-7-16)9-15-12(13)14-5-8-17-2/h11H,3-10H2,1-2H3,(H3,13,14,15)/t11-/m0/s1. The van der Waals surface area contributed by atoms with Gasteiger partial charge in [-0.1, -0.05) is 6.92 Å². The average molecular weight is 242 g/mol. The molecular weight excluding hydrogens is 216 g/mol. The maximum Gasteiger partial charge on any atom is 0.188 e. The van der Waals surface area contributed by atoms with Gasteiger partial charge in [0.05, 0.1) is 6.61 Å². The number of rotatable bonds is 7. The maximum atomic E-state index is 5.74. The summed E-state index contributed by atoms with van der Waals surface area (Å²) in [7, 11) is 1.67. The van der Waals surface area contributed by atoms with Crippen LogP contribution in [-0.4, -0.2) is 57.3 Å². The van der Waals surface area contributed by atoms with Crippen LogP contribution >= 0.6 is 0 Å². The SMILES string of the molecule is COCCNC(N)=NC[C@H](C)CN1CCCC1. The third-order valence-corrected chi connectivity index (χ3v) is 2.95. The topological polar surface area (TPSA) is 62.9 Å². The Morgan fingerprint density at radius 1 is 1.47 bits per heavy atom. The Kier molecular flexibility index (Phi) is 6.96. The summed E-state index contributed by atoms with van der Waals surface area (Å²) in [5, 5.41) is 3.02. The second-order valence-electron chi connectivity index (χ2n) is 4.76. The molecule has 0 amide bonds. The van der Waals surface area contributed by atoms with Crippen molar-refractivity contribution in [2.45, 2.75) is 19.8 Å². The Bertz CT molecular complexity index is 227. The van der Waals surface area contributed by atoms with Gasteiger partial charge in [-0.15, -0.1) is 0 Å². The van der Waals surface area contributed by atoms with Gasteiger partial charge in [0.2, 0.25) is 0 Å². The fourth-order valence-corrected chi connectivity index (χ4v) is 2.05. The van der Waals surface area contributed by atoms with E-state index in [-0.39, 0.29) is 0 Å². The maximum absolute atomic E-state index is 5.74. The van der Waals surface area contributed by atoms with Gasteiger partial charge in [0.1, 0.15) is 0 Å². The molecule has 0 saturated carbocycles. The van der Waals surface area contributed by atoms with E-state index in [1.807, 2.05) is 0 Å². The molecule has 1 saturated heterocycles. The predicted molar refractivity (Wildman–Crippen MR) is 71.2 cm³/mol. The molecule has 0 aliphatic carbocycles. The lowest BCUT2D eigenvalue weighted by atomic mass is 10.2. The highest BCUT2D eigenvalue weighted by atomic mass is 16.5. The van der Waals surface area contributed by atoms with Gasteiger partial charge < -0.3 is 20.7 Å². The largest absolute Gasteiger partial charge is 0.383 e. The fourth-order valence-electron chi connectivity index (χ4n) is 2.05. The lowest BCUT2D eigenvalue weighted by molar-refractivity contribution is 0.204. The van der Waals surface area contributed by atoms with E-state index in [0.29, 0.717) is 25.0 Å². The van der Waals surface area contributed by atoms with Crippen LogP contribution in [0, 0.1) is 5.92 Å². The Hall–Kier alpha value is -0.810. The first-order valence-electron chi connectivity index (χ1n) is 6.47. The quantitative estimate of drug-likeness (QED) is 0.382. The highest BCUT2D eigenvalue weighted by Crippen LogP contribution is 2.10. The van der Waals surface area contributed by atoms with Crippen LogP contribution < -0.4 is 11.1 Å². The van der Waals surface area contributed by atoms with Gasteiger partial charge in [0.15, 0.2) is 5.96 Å². The van der Waals surface area contributed by atoms with Gasteiger partial charge in [0.25, 0.3) is 0 Å². The van der Waals surface area contributed by atoms with Crippen molar-refractivity contribution in [3.05, 3.63) is 0 Å². The number of nitrogens with zero attached hydrogens (tertiary/aromatic N) is 2. The molecule has 1 fully saturated rings. The van der Waals surface area contributed by atoms with Gasteiger partial charge >= 0.3 is 0 Å². The first-order valence-corrected chi connectivity index (χ1v) is 6.47. The lowest BCUT2D eigenvalue weighted by Gasteiger charge is -2.18. The second-order valence-corrected chi connectivity index (χ2v) is 4.76. The van der Waals surface area contributed by atoms with Crippen molar-refractivity contribution in [3.63, 3.8) is 0 Å². The molecule has 1 rings (SSSR count). The Morgan fingerprint density at radius 2 is 2.18 bits per heavy atom. The van der Waals surface area contributed by atoms with Crippen LogP contribution in [-0.2, 0) is 4.74 Å². The minimum absolute atomic E-state index is 0.523. The smallest absolute Gasteiger partial charge is 0.188 e. The van der Waals surface area contributed by atoms with E-state index in [1.165, 1.54) is 25.9 Å². The predicted octanol–water partition coefficient (Wildman–Crippen LogP) is 0.269. The van der Waals surface area contributed by atoms with E-state index >= 15 is 0 Å². The number of nitrogens with two attached hydrogens (primary N) is 1. The summed E-state index contributed by atoms with van der Waals surface area (Å²) >= 11 is 0. The van der Waals surface area contributed by atoms with Gasteiger partial charge in [0, 0.05) is 26.7 Å². The normalized spacial score (nSPS) is 19.5. The van der Waals surface area contributed by atoms with Crippen LogP contribution in [0.4, 0.5) is 0 Å². The van der Waals surface area contributed by atoms with Crippen molar-refractivity contribution in [3.8, 4) is 0 Å². The zero-order valence-electron chi connectivity index (χ0n) is 11.1. The number of hydrogen-bond acceptors (Lipinski definition) is 3. The van der Waals surface area contributed by atoms with E-state index in [4.69, 9.17) is 10.5 Å². The third-order valence-electron chi connectivity index (χ3n) is 2.95. The second kappa shape index (κ2) is 8.31. The first kappa shape index (κ1) is 14.3. The summed E-state index contributed by atoms with van der Waals surface area (Å²) < 4.78 is 4.93. The Balaban J connectivity index is 2.11. The number of aliphatic imine (C=N–C) groups is 1. The average Bonchev–Trinajstić information content (AvgIpc) is 2.79. The molecule has 5 nitrogen and oxygen atoms in total. The van der Waals surface area contributed by atoms with Gasteiger partial charge in [-0.05, 0) is 31.8 Å². The summed E-state index contributed by atoms with van der Waals surface area (Å²) in [6.07, 6.45) is 2.69. The van der Waals surface area contributed by atoms with Crippen LogP contribution in [0.1, 0.15) is 19.8 Å². The molecule has 0 unspecified atom stereocenters. The monoisotopic (exact) mass is 242 g/mol. The van der Waals surface area contributed by atoms with Gasteiger partial charge in [-0.2, -0.15) is 0 Å². The lowest BCUT2D eigenvalue weighted by Crippen LogP contribution is -2.35.